The minimum absolute atomic E-state index is 0.00166. The zero-order chi connectivity index (χ0) is 78.8. The highest BCUT2D eigenvalue weighted by Gasteiger charge is 2.45. The number of ether oxygens (including phenoxy) is 5. The van der Waals surface area contributed by atoms with E-state index in [9.17, 15) is 51.2 Å². The molecule has 3 aromatic heterocycles. The lowest BCUT2D eigenvalue weighted by Crippen LogP contribution is -2.57. The van der Waals surface area contributed by atoms with Gasteiger partial charge in [0.1, 0.15) is 77.0 Å². The Balaban J connectivity index is 0.637. The number of rotatable bonds is 30. The second-order valence-electron chi connectivity index (χ2n) is 27.7. The number of nitrogens with one attached hydrogen (secondary N) is 3. The summed E-state index contributed by atoms with van der Waals surface area (Å²) in [5, 5.41) is 19.7. The molecule has 111 heavy (non-hydrogen) atoms. The van der Waals surface area contributed by atoms with Gasteiger partial charge < -0.3 is 49.6 Å². The van der Waals surface area contributed by atoms with E-state index in [1.807, 2.05) is 104 Å². The second kappa shape index (κ2) is 34.8. The first-order valence-corrected chi connectivity index (χ1v) is 38.8. The summed E-state index contributed by atoms with van der Waals surface area (Å²) in [5.74, 6) is -3.39. The number of halogens is 2. The molecular formula is C83H83ClFN9O15S2. The summed E-state index contributed by atoms with van der Waals surface area (Å²) in [7, 11) is -3.39. The number of aliphatic carboxylic acids is 1. The minimum Gasteiger partial charge on any atom is -0.496 e. The standard InChI is InChI=1S/C83H83ClFN9O15S2/c1-8-83(6,75(95)73(48(2)3)92-81(100)108-46-64-61-20-12-10-18-59(61)60-19-11-13-21-62(60)64)80(99)89-50(5)77(96)91-56-30-27-53(69(43-56)111(102,103)104)44-109-82(101)94-37-35-93(36-38-94)39-40-106-68-32-31-58(49(4)72(68)84)70-71-65(87-47-88-78(71)110-74(70)51-25-28-55(85)29-26-51)42-54(79(97)98)41-52-17-9-15-23-66(52)107-45-57-33-34-86-76(90-57)63-22-14-16-24-67(63)105-7/h9-34,43,47-48,50,54,64,73H,8,35-42,44-46H2,1-7H3,(H,89,99)(H,91,96)(H,92,100)(H,97,98)(H,102,103,104)/t50-,54-,73?,83-/m0/s1. The van der Waals surface area contributed by atoms with Crippen molar-refractivity contribution in [2.75, 3.05) is 58.4 Å². The van der Waals surface area contributed by atoms with Crippen molar-refractivity contribution in [2.24, 2.45) is 17.3 Å². The zero-order valence-electron chi connectivity index (χ0n) is 62.0. The summed E-state index contributed by atoms with van der Waals surface area (Å²) >= 11 is 8.58. The highest BCUT2D eigenvalue weighted by molar-refractivity contribution is 7.85. The summed E-state index contributed by atoms with van der Waals surface area (Å²) in [6.45, 7) is 11.2. The Labute approximate surface area is 650 Å². The number of anilines is 1. The number of aromatic nitrogens is 4. The number of hydrogen-bond donors (Lipinski definition) is 5. The molecule has 7 aromatic carbocycles. The van der Waals surface area contributed by atoms with E-state index < -0.39 is 92.5 Å². The third kappa shape index (κ3) is 18.0. The molecule has 1 unspecified atom stereocenters. The number of benzene rings is 7. The molecule has 10 aromatic rings. The van der Waals surface area contributed by atoms with Crippen LogP contribution in [0, 0.1) is 30.0 Å². The predicted octanol–water partition coefficient (Wildman–Crippen LogP) is 14.2. The first kappa shape index (κ1) is 79.3. The van der Waals surface area contributed by atoms with Crippen LogP contribution in [0.25, 0.3) is 54.3 Å². The Morgan fingerprint density at radius 1 is 0.739 bits per heavy atom. The number of piperazine rings is 1. The van der Waals surface area contributed by atoms with Gasteiger partial charge in [0.15, 0.2) is 11.6 Å². The lowest BCUT2D eigenvalue weighted by atomic mass is 9.76. The van der Waals surface area contributed by atoms with Gasteiger partial charge >= 0.3 is 18.2 Å². The molecule has 2 aliphatic rings. The third-order valence-corrected chi connectivity index (χ3v) is 22.8. The van der Waals surface area contributed by atoms with Gasteiger partial charge in [0, 0.05) is 78.3 Å². The molecule has 0 spiro atoms. The van der Waals surface area contributed by atoms with E-state index in [0.717, 1.165) is 38.8 Å². The van der Waals surface area contributed by atoms with Crippen LogP contribution in [0.3, 0.4) is 0 Å². The van der Waals surface area contributed by atoms with Crippen LogP contribution in [0.4, 0.5) is 19.7 Å². The Bertz CT molecular complexity index is 5230. The summed E-state index contributed by atoms with van der Waals surface area (Å²) in [4.78, 5) is 105. The Kier molecular flexibility index (Phi) is 24.9. The number of fused-ring (bicyclic) bond motifs is 4. The molecule has 4 amide bonds. The lowest BCUT2D eigenvalue weighted by molar-refractivity contribution is -0.144. The minimum atomic E-state index is -4.97. The number of carboxylic acids is 1. The van der Waals surface area contributed by atoms with Crippen molar-refractivity contribution in [3.8, 4) is 61.3 Å². The number of methoxy groups -OCH3 is 1. The Morgan fingerprint density at radius 2 is 1.41 bits per heavy atom. The molecule has 28 heteroatoms. The number of hydrogen-bond acceptors (Lipinski definition) is 19. The number of carbonyl (C=O) groups is 6. The highest BCUT2D eigenvalue weighted by Crippen LogP contribution is 2.49. The van der Waals surface area contributed by atoms with Crippen LogP contribution in [0.1, 0.15) is 86.2 Å². The van der Waals surface area contributed by atoms with Crippen molar-refractivity contribution in [2.45, 2.75) is 96.9 Å². The molecule has 1 saturated heterocycles. The first-order chi connectivity index (χ1) is 53.3. The number of carboxylic acid groups (broad SMARTS) is 1. The molecule has 1 fully saturated rings. The van der Waals surface area contributed by atoms with E-state index in [0.29, 0.717) is 97.2 Å². The molecule has 0 radical (unpaired) electrons. The van der Waals surface area contributed by atoms with Crippen LogP contribution in [-0.2, 0) is 64.8 Å². The third-order valence-electron chi connectivity index (χ3n) is 20.3. The fraction of sp³-hybridized carbons (Fsp3) is 0.301. The maximum Gasteiger partial charge on any atom is 0.410 e. The van der Waals surface area contributed by atoms with Crippen LogP contribution in [0.2, 0.25) is 5.02 Å². The van der Waals surface area contributed by atoms with Crippen molar-refractivity contribution in [1.29, 1.82) is 0 Å². The van der Waals surface area contributed by atoms with Crippen molar-refractivity contribution in [3.63, 3.8) is 0 Å². The van der Waals surface area contributed by atoms with Gasteiger partial charge in [-0.3, -0.25) is 28.6 Å². The fourth-order valence-electron chi connectivity index (χ4n) is 13.8. The quantitative estimate of drug-likeness (QED) is 0.0206. The average Bonchev–Trinajstić information content (AvgIpc) is 1.61. The summed E-state index contributed by atoms with van der Waals surface area (Å²) in [6.07, 6.45) is 1.56. The zero-order valence-corrected chi connectivity index (χ0v) is 64.4. The molecular weight excluding hydrogens is 1480 g/mol. The van der Waals surface area contributed by atoms with Crippen LogP contribution in [0.5, 0.6) is 17.2 Å². The summed E-state index contributed by atoms with van der Waals surface area (Å²) in [6, 6.07) is 43.1. The van der Waals surface area contributed by atoms with Gasteiger partial charge in [-0.1, -0.05) is 136 Å². The smallest absolute Gasteiger partial charge is 0.410 e. The van der Waals surface area contributed by atoms with Gasteiger partial charge in [-0.2, -0.15) is 8.42 Å². The van der Waals surface area contributed by atoms with Crippen LogP contribution in [-0.4, -0.2) is 149 Å². The number of alkyl carbamates (subject to hydrolysis) is 1. The fourth-order valence-corrected chi connectivity index (χ4v) is 16.0. The average molecular weight is 1570 g/mol. The van der Waals surface area contributed by atoms with Crippen LogP contribution >= 0.6 is 22.9 Å². The van der Waals surface area contributed by atoms with Gasteiger partial charge in [0.05, 0.1) is 41.0 Å². The number of thiophene rings is 1. The predicted molar refractivity (Wildman–Crippen MR) is 418 cm³/mol. The molecule has 0 saturated carbocycles. The van der Waals surface area contributed by atoms with E-state index >= 15 is 0 Å². The monoisotopic (exact) mass is 1560 g/mol. The number of amides is 4. The number of Topliss-reactive ketones (excluding diaryl/α,β-unsaturated/α-hetero) is 1. The normalized spacial score (nSPS) is 14.3. The van der Waals surface area contributed by atoms with E-state index in [4.69, 9.17) is 45.3 Å². The molecule has 1 aliphatic carbocycles. The molecule has 12 rings (SSSR count). The molecule has 5 N–H and O–H groups in total. The first-order valence-electron chi connectivity index (χ1n) is 36.2. The van der Waals surface area contributed by atoms with E-state index in [2.05, 4.69) is 30.8 Å². The van der Waals surface area contributed by atoms with Crippen molar-refractivity contribution < 1.29 is 74.9 Å². The van der Waals surface area contributed by atoms with Gasteiger partial charge in [0.25, 0.3) is 10.1 Å². The van der Waals surface area contributed by atoms with Crippen molar-refractivity contribution >= 4 is 84.7 Å². The molecule has 1 aliphatic heterocycles. The van der Waals surface area contributed by atoms with Gasteiger partial charge in [0.2, 0.25) is 11.8 Å². The summed E-state index contributed by atoms with van der Waals surface area (Å²) in [5.41, 5.74) is 7.39. The number of para-hydroxylation sites is 2. The lowest BCUT2D eigenvalue weighted by Gasteiger charge is -2.34. The molecule has 0 bridgehead atoms. The van der Waals surface area contributed by atoms with Gasteiger partial charge in [-0.25, -0.2) is 33.9 Å². The molecule has 4 heterocycles. The SMILES string of the molecule is CC[C@](C)(C(=O)N[C@@H](C)C(=O)Nc1ccc(COC(=O)N2CCN(CCOc3ccc(-c4c(-c5ccc(F)cc5)sc5ncnc(C[C@H](Cc6ccccc6OCc6ccnc(-c7ccccc7OC)n6)C(=O)O)c45)c(C)c3Cl)CC2)c(S(=O)(=O)O)c1)C(=O)C(NC(=O)OCC1c2ccccc2-c2ccccc21)C(C)C. The van der Waals surface area contributed by atoms with Crippen molar-refractivity contribution in [3.05, 3.63) is 220 Å². The van der Waals surface area contributed by atoms with E-state index in [1.165, 1.54) is 60.7 Å². The van der Waals surface area contributed by atoms with E-state index in [1.54, 1.807) is 64.4 Å². The Hall–Kier alpha value is -11.2. The Morgan fingerprint density at radius 3 is 2.09 bits per heavy atom. The highest BCUT2D eigenvalue weighted by atomic mass is 35.5. The van der Waals surface area contributed by atoms with Crippen LogP contribution < -0.4 is 30.2 Å². The molecule has 4 atom stereocenters. The summed E-state index contributed by atoms with van der Waals surface area (Å²) < 4.78 is 80.0. The maximum absolute atomic E-state index is 14.5. The van der Waals surface area contributed by atoms with Gasteiger partial charge in [-0.15, -0.1) is 11.3 Å². The topological polar surface area (TPSA) is 317 Å². The van der Waals surface area contributed by atoms with Gasteiger partial charge in [-0.05, 0) is 139 Å². The number of nitrogens with zero attached hydrogens (tertiary/aromatic N) is 6. The molecule has 576 valence electrons. The second-order valence-corrected chi connectivity index (χ2v) is 30.5. The number of carbonyl (C=O) groups excluding carboxylic acids is 5. The maximum atomic E-state index is 14.5. The largest absolute Gasteiger partial charge is 0.496 e. The van der Waals surface area contributed by atoms with Crippen LogP contribution in [0.15, 0.2) is 175 Å². The van der Waals surface area contributed by atoms with E-state index in [-0.39, 0.29) is 69.3 Å². The van der Waals surface area contributed by atoms with Crippen molar-refractivity contribution in [1.82, 2.24) is 40.4 Å². The number of ketones is 1. The molecule has 24 nitrogen and oxygen atoms in total.